The maximum Gasteiger partial charge on any atom is 0.0777 e. The van der Waals surface area contributed by atoms with E-state index in [1.54, 1.807) is 6.07 Å². The third kappa shape index (κ3) is 3.34. The Balaban J connectivity index is 2.57. The highest BCUT2D eigenvalue weighted by atomic mass is 79.9. The number of halogens is 1. The van der Waals surface area contributed by atoms with Gasteiger partial charge in [-0.15, -0.1) is 0 Å². The van der Waals surface area contributed by atoms with Crippen LogP contribution in [0.25, 0.3) is 0 Å². The van der Waals surface area contributed by atoms with Gasteiger partial charge in [0.25, 0.3) is 0 Å². The van der Waals surface area contributed by atoms with E-state index in [1.165, 1.54) is 0 Å². The third-order valence-corrected chi connectivity index (χ3v) is 2.09. The van der Waals surface area contributed by atoms with Crippen molar-refractivity contribution in [3.05, 3.63) is 28.7 Å². The standard InChI is InChI=1S/C7H8BrNO2S/c8-6-2-1-3-7(4-6)9-5-12(10)11/h1-4,9H,5H2,(H,10,11)/p-1. The van der Waals surface area contributed by atoms with Crippen molar-refractivity contribution in [2.24, 2.45) is 0 Å². The number of hydrogen-bond acceptors (Lipinski definition) is 3. The van der Waals surface area contributed by atoms with E-state index in [4.69, 9.17) is 0 Å². The van der Waals surface area contributed by atoms with Crippen LogP contribution in [0.2, 0.25) is 0 Å². The summed E-state index contributed by atoms with van der Waals surface area (Å²) in [7, 11) is 0. The molecule has 0 spiro atoms. The zero-order valence-corrected chi connectivity index (χ0v) is 8.52. The lowest BCUT2D eigenvalue weighted by Crippen LogP contribution is -2.06. The maximum atomic E-state index is 10.2. The minimum atomic E-state index is -2.05. The highest BCUT2D eigenvalue weighted by Gasteiger charge is 1.91. The quantitative estimate of drug-likeness (QED) is 0.829. The molecule has 1 unspecified atom stereocenters. The van der Waals surface area contributed by atoms with Gasteiger partial charge in [0, 0.05) is 10.2 Å². The third-order valence-electron chi connectivity index (χ3n) is 1.22. The van der Waals surface area contributed by atoms with Crippen molar-refractivity contribution in [3.8, 4) is 0 Å². The average Bonchev–Trinajstić information content (AvgIpc) is 2.01. The van der Waals surface area contributed by atoms with Crippen molar-refractivity contribution in [1.29, 1.82) is 0 Å². The Hall–Kier alpha value is -0.390. The lowest BCUT2D eigenvalue weighted by Gasteiger charge is -2.08. The monoisotopic (exact) mass is 248 g/mol. The number of nitrogens with one attached hydrogen (secondary N) is 1. The van der Waals surface area contributed by atoms with Gasteiger partial charge < -0.3 is 9.87 Å². The molecule has 66 valence electrons. The summed E-state index contributed by atoms with van der Waals surface area (Å²) in [6.45, 7) is 0. The zero-order valence-electron chi connectivity index (χ0n) is 6.12. The fourth-order valence-electron chi connectivity index (χ4n) is 0.741. The first kappa shape index (κ1) is 9.70. The van der Waals surface area contributed by atoms with Crippen LogP contribution in [0.5, 0.6) is 0 Å². The van der Waals surface area contributed by atoms with Crippen LogP contribution < -0.4 is 5.32 Å². The summed E-state index contributed by atoms with van der Waals surface area (Å²) in [6.07, 6.45) is 0. The van der Waals surface area contributed by atoms with Crippen molar-refractivity contribution in [2.45, 2.75) is 0 Å². The van der Waals surface area contributed by atoms with E-state index >= 15 is 0 Å². The average molecular weight is 249 g/mol. The Labute approximate surface area is 81.6 Å². The molecule has 1 aromatic rings. The van der Waals surface area contributed by atoms with E-state index in [0.717, 1.165) is 10.2 Å². The van der Waals surface area contributed by atoms with E-state index < -0.39 is 11.1 Å². The number of rotatable bonds is 3. The topological polar surface area (TPSA) is 52.2 Å². The minimum Gasteiger partial charge on any atom is -0.771 e. The van der Waals surface area contributed by atoms with Crippen molar-refractivity contribution in [2.75, 3.05) is 11.2 Å². The molecule has 1 N–H and O–H groups in total. The molecule has 0 saturated heterocycles. The van der Waals surface area contributed by atoms with Crippen molar-refractivity contribution >= 4 is 32.7 Å². The highest BCUT2D eigenvalue weighted by molar-refractivity contribution is 9.10. The van der Waals surface area contributed by atoms with E-state index in [1.807, 2.05) is 18.2 Å². The summed E-state index contributed by atoms with van der Waals surface area (Å²) < 4.78 is 21.3. The van der Waals surface area contributed by atoms with Gasteiger partial charge in [0.2, 0.25) is 0 Å². The molecule has 0 aromatic heterocycles. The second kappa shape index (κ2) is 4.59. The summed E-state index contributed by atoms with van der Waals surface area (Å²) in [5.41, 5.74) is 0.786. The smallest absolute Gasteiger partial charge is 0.0777 e. The molecular formula is C7H7BrNO2S-. The van der Waals surface area contributed by atoms with Crippen LogP contribution in [0.3, 0.4) is 0 Å². The number of anilines is 1. The molecule has 1 rings (SSSR count). The molecule has 0 radical (unpaired) electrons. The van der Waals surface area contributed by atoms with E-state index in [9.17, 15) is 8.76 Å². The fraction of sp³-hybridized carbons (Fsp3) is 0.143. The lowest BCUT2D eigenvalue weighted by molar-refractivity contribution is 0.539. The maximum absolute atomic E-state index is 10.2. The number of benzene rings is 1. The first-order chi connectivity index (χ1) is 5.68. The van der Waals surface area contributed by atoms with Gasteiger partial charge in [-0.05, 0) is 29.3 Å². The van der Waals surface area contributed by atoms with Crippen LogP contribution in [0.15, 0.2) is 28.7 Å². The molecular weight excluding hydrogens is 242 g/mol. The molecule has 0 amide bonds. The lowest BCUT2D eigenvalue weighted by atomic mass is 10.3. The molecule has 0 heterocycles. The minimum absolute atomic E-state index is 0.0591. The van der Waals surface area contributed by atoms with Gasteiger partial charge in [0.1, 0.15) is 0 Å². The zero-order chi connectivity index (χ0) is 8.97. The Morgan fingerprint density at radius 3 is 2.92 bits per heavy atom. The largest absolute Gasteiger partial charge is 0.771 e. The van der Waals surface area contributed by atoms with Crippen LogP contribution in [-0.2, 0) is 11.1 Å². The van der Waals surface area contributed by atoms with Gasteiger partial charge >= 0.3 is 0 Å². The van der Waals surface area contributed by atoms with Crippen LogP contribution in [0.1, 0.15) is 0 Å². The van der Waals surface area contributed by atoms with Crippen LogP contribution in [-0.4, -0.2) is 14.6 Å². The molecule has 1 aromatic carbocycles. The SMILES string of the molecule is O=S([O-])CNc1cccc(Br)c1. The second-order valence-electron chi connectivity index (χ2n) is 2.14. The molecule has 0 aliphatic rings. The predicted octanol–water partition coefficient (Wildman–Crippen LogP) is 1.70. The van der Waals surface area contributed by atoms with Crippen molar-refractivity contribution in [1.82, 2.24) is 0 Å². The molecule has 12 heavy (non-hydrogen) atoms. The van der Waals surface area contributed by atoms with Crippen LogP contribution in [0.4, 0.5) is 5.69 Å². The van der Waals surface area contributed by atoms with Crippen molar-refractivity contribution < 1.29 is 8.76 Å². The Morgan fingerprint density at radius 1 is 1.58 bits per heavy atom. The van der Waals surface area contributed by atoms with Crippen molar-refractivity contribution in [3.63, 3.8) is 0 Å². The fourth-order valence-corrected chi connectivity index (χ4v) is 1.42. The second-order valence-corrected chi connectivity index (χ2v) is 3.95. The highest BCUT2D eigenvalue weighted by Crippen LogP contribution is 2.15. The molecule has 0 fully saturated rings. The summed E-state index contributed by atoms with van der Waals surface area (Å²) >= 11 is 1.23. The van der Waals surface area contributed by atoms with Gasteiger partial charge in [-0.3, -0.25) is 4.21 Å². The van der Waals surface area contributed by atoms with Gasteiger partial charge in [-0.25, -0.2) is 0 Å². The Bertz CT molecular complexity index is 292. The summed E-state index contributed by atoms with van der Waals surface area (Å²) in [5.74, 6) is -0.0591. The van der Waals surface area contributed by atoms with Gasteiger partial charge in [0.15, 0.2) is 0 Å². The summed E-state index contributed by atoms with van der Waals surface area (Å²) in [4.78, 5) is 0. The van der Waals surface area contributed by atoms with Crippen LogP contribution >= 0.6 is 15.9 Å². The molecule has 0 aliphatic heterocycles. The first-order valence-corrected chi connectivity index (χ1v) is 5.27. The molecule has 5 heteroatoms. The van der Waals surface area contributed by atoms with Crippen LogP contribution in [0, 0.1) is 0 Å². The van der Waals surface area contributed by atoms with E-state index in [-0.39, 0.29) is 5.88 Å². The molecule has 3 nitrogen and oxygen atoms in total. The molecule has 0 bridgehead atoms. The normalized spacial score (nSPS) is 12.5. The van der Waals surface area contributed by atoms with Gasteiger partial charge in [0.05, 0.1) is 5.88 Å². The Kier molecular flexibility index (Phi) is 3.71. The summed E-state index contributed by atoms with van der Waals surface area (Å²) in [6, 6.07) is 7.32. The summed E-state index contributed by atoms with van der Waals surface area (Å²) in [5, 5.41) is 2.74. The molecule has 0 aliphatic carbocycles. The predicted molar refractivity (Wildman–Crippen MR) is 51.6 cm³/mol. The number of hydrogen-bond donors (Lipinski definition) is 1. The van der Waals surface area contributed by atoms with E-state index in [2.05, 4.69) is 21.2 Å². The molecule has 1 atom stereocenters. The van der Waals surface area contributed by atoms with Gasteiger partial charge in [-0.1, -0.05) is 22.0 Å². The van der Waals surface area contributed by atoms with Gasteiger partial charge in [-0.2, -0.15) is 0 Å². The first-order valence-electron chi connectivity index (χ1n) is 3.24. The van der Waals surface area contributed by atoms with E-state index in [0.29, 0.717) is 0 Å². The Morgan fingerprint density at radius 2 is 2.33 bits per heavy atom. The molecule has 0 saturated carbocycles.